The molecule has 0 aromatic heterocycles. The molecule has 29 heavy (non-hydrogen) atoms. The number of fused-ring (bicyclic) bond motifs is 5. The third kappa shape index (κ3) is 2.99. The number of ether oxygens (including phenoxy) is 1. The molecule has 0 bridgehead atoms. The Morgan fingerprint density at radius 1 is 1.10 bits per heavy atom. The first-order valence-electron chi connectivity index (χ1n) is 10.1. The van der Waals surface area contributed by atoms with E-state index in [9.17, 15) is 10.2 Å². The van der Waals surface area contributed by atoms with Gasteiger partial charge in [0.25, 0.3) is 0 Å². The SMILES string of the molecule is CC(O)c1ccc(N2CN3CC=C4C(c5ccc(O)cc5OC4(C)C)N3C2)cc1. The molecule has 2 aromatic carbocycles. The topological polar surface area (TPSA) is 59.4 Å². The predicted molar refractivity (Wildman–Crippen MR) is 111 cm³/mol. The number of hydrogen-bond donors (Lipinski definition) is 2. The summed E-state index contributed by atoms with van der Waals surface area (Å²) in [6, 6.07) is 13.7. The lowest BCUT2D eigenvalue weighted by Crippen LogP contribution is -2.51. The molecule has 3 aliphatic heterocycles. The monoisotopic (exact) mass is 393 g/mol. The zero-order valence-corrected chi connectivity index (χ0v) is 17.0. The lowest BCUT2D eigenvalue weighted by molar-refractivity contribution is -0.0297. The van der Waals surface area contributed by atoms with Gasteiger partial charge in [-0.3, -0.25) is 0 Å². The molecule has 2 N–H and O–H groups in total. The highest BCUT2D eigenvalue weighted by Crippen LogP contribution is 2.50. The summed E-state index contributed by atoms with van der Waals surface area (Å²) in [5.41, 5.74) is 3.99. The van der Waals surface area contributed by atoms with Crippen LogP contribution in [0.4, 0.5) is 5.69 Å². The normalized spacial score (nSPS) is 24.2. The molecule has 0 spiro atoms. The first-order chi connectivity index (χ1) is 13.8. The lowest BCUT2D eigenvalue weighted by atomic mass is 9.82. The Balaban J connectivity index is 1.48. The van der Waals surface area contributed by atoms with E-state index < -0.39 is 11.7 Å². The van der Waals surface area contributed by atoms with E-state index in [-0.39, 0.29) is 11.8 Å². The van der Waals surface area contributed by atoms with E-state index in [1.54, 1.807) is 19.1 Å². The Bertz CT molecular complexity index is 968. The van der Waals surface area contributed by atoms with Gasteiger partial charge in [0.05, 0.1) is 25.5 Å². The van der Waals surface area contributed by atoms with Crippen molar-refractivity contribution >= 4 is 5.69 Å². The Morgan fingerprint density at radius 3 is 2.59 bits per heavy atom. The molecule has 152 valence electrons. The number of rotatable bonds is 2. The van der Waals surface area contributed by atoms with Crippen molar-refractivity contribution in [1.29, 1.82) is 0 Å². The molecule has 0 radical (unpaired) electrons. The zero-order chi connectivity index (χ0) is 20.3. The molecular formula is C23H27N3O3. The third-order valence-corrected chi connectivity index (χ3v) is 6.22. The number of phenols is 1. The molecular weight excluding hydrogens is 366 g/mol. The van der Waals surface area contributed by atoms with Crippen LogP contribution in [-0.4, -0.2) is 45.7 Å². The van der Waals surface area contributed by atoms with Crippen molar-refractivity contribution in [3.8, 4) is 11.5 Å². The number of aromatic hydroxyl groups is 1. The van der Waals surface area contributed by atoms with E-state index in [0.29, 0.717) is 0 Å². The maximum atomic E-state index is 9.95. The standard InChI is InChI=1S/C23H27N3O3/c1-15(27)16-4-6-17(7-5-16)24-13-25-11-10-20-22(26(25)14-24)19-9-8-18(28)12-21(19)29-23(20,2)3/h4-10,12,15,22,27-28H,11,13-14H2,1-3H3. The van der Waals surface area contributed by atoms with Gasteiger partial charge < -0.3 is 19.8 Å². The van der Waals surface area contributed by atoms with Gasteiger partial charge in [-0.25, -0.2) is 10.0 Å². The van der Waals surface area contributed by atoms with Crippen molar-refractivity contribution in [3.63, 3.8) is 0 Å². The van der Waals surface area contributed by atoms with Crippen molar-refractivity contribution in [2.24, 2.45) is 0 Å². The Labute approximate surface area is 171 Å². The van der Waals surface area contributed by atoms with Crippen LogP contribution in [0.2, 0.25) is 0 Å². The van der Waals surface area contributed by atoms with Crippen LogP contribution in [0.15, 0.2) is 54.1 Å². The van der Waals surface area contributed by atoms with E-state index in [2.05, 4.69) is 47.0 Å². The van der Waals surface area contributed by atoms with Crippen LogP contribution < -0.4 is 9.64 Å². The number of hydrogen-bond acceptors (Lipinski definition) is 6. The van der Waals surface area contributed by atoms with Crippen LogP contribution in [0, 0.1) is 0 Å². The number of aliphatic hydroxyl groups excluding tert-OH is 1. The Morgan fingerprint density at radius 2 is 1.86 bits per heavy atom. The number of anilines is 1. The third-order valence-electron chi connectivity index (χ3n) is 6.22. The number of phenolic OH excluding ortho intramolecular Hbond substituents is 1. The van der Waals surface area contributed by atoms with Crippen LogP contribution >= 0.6 is 0 Å². The number of hydrazine groups is 1. The molecule has 2 atom stereocenters. The van der Waals surface area contributed by atoms with Crippen LogP contribution in [0.1, 0.15) is 44.0 Å². The highest BCUT2D eigenvalue weighted by molar-refractivity contribution is 5.52. The maximum absolute atomic E-state index is 9.95. The summed E-state index contributed by atoms with van der Waals surface area (Å²) in [7, 11) is 0. The fourth-order valence-electron chi connectivity index (χ4n) is 4.67. The summed E-state index contributed by atoms with van der Waals surface area (Å²) >= 11 is 0. The largest absolute Gasteiger partial charge is 0.508 e. The number of nitrogens with zero attached hydrogens (tertiary/aromatic N) is 3. The Hall–Kier alpha value is -2.54. The van der Waals surface area contributed by atoms with E-state index in [4.69, 9.17) is 4.74 Å². The fraction of sp³-hybridized carbons (Fsp3) is 0.391. The van der Waals surface area contributed by atoms with Crippen molar-refractivity contribution in [3.05, 3.63) is 65.2 Å². The minimum Gasteiger partial charge on any atom is -0.508 e. The van der Waals surface area contributed by atoms with Gasteiger partial charge in [-0.2, -0.15) is 0 Å². The fourth-order valence-corrected chi connectivity index (χ4v) is 4.67. The summed E-state index contributed by atoms with van der Waals surface area (Å²) in [5.74, 6) is 0.972. The van der Waals surface area contributed by atoms with Gasteiger partial charge in [0.1, 0.15) is 17.1 Å². The second-order valence-electron chi connectivity index (χ2n) is 8.62. The van der Waals surface area contributed by atoms with Crippen LogP contribution in [0.3, 0.4) is 0 Å². The molecule has 2 unspecified atom stereocenters. The summed E-state index contributed by atoms with van der Waals surface area (Å²) in [4.78, 5) is 2.34. The molecule has 6 nitrogen and oxygen atoms in total. The molecule has 0 aliphatic carbocycles. The highest BCUT2D eigenvalue weighted by atomic mass is 16.5. The summed E-state index contributed by atoms with van der Waals surface area (Å²) < 4.78 is 6.25. The van der Waals surface area contributed by atoms with Crippen LogP contribution in [-0.2, 0) is 0 Å². The molecule has 5 rings (SSSR count). The lowest BCUT2D eigenvalue weighted by Gasteiger charge is -2.47. The quantitative estimate of drug-likeness (QED) is 0.761. The maximum Gasteiger partial charge on any atom is 0.129 e. The molecule has 6 heteroatoms. The highest BCUT2D eigenvalue weighted by Gasteiger charge is 2.47. The van der Waals surface area contributed by atoms with E-state index in [0.717, 1.165) is 42.4 Å². The Kier molecular flexibility index (Phi) is 4.13. The van der Waals surface area contributed by atoms with Gasteiger partial charge in [0, 0.05) is 23.9 Å². The first kappa shape index (κ1) is 18.5. The first-order valence-corrected chi connectivity index (χ1v) is 10.1. The van der Waals surface area contributed by atoms with Crippen molar-refractivity contribution in [2.45, 2.75) is 38.5 Å². The second kappa shape index (κ2) is 6.49. The van der Waals surface area contributed by atoms with Crippen molar-refractivity contribution in [1.82, 2.24) is 10.0 Å². The van der Waals surface area contributed by atoms with Crippen molar-refractivity contribution in [2.75, 3.05) is 24.8 Å². The average Bonchev–Trinajstić information content (AvgIpc) is 3.11. The van der Waals surface area contributed by atoms with Gasteiger partial charge in [0.2, 0.25) is 0 Å². The van der Waals surface area contributed by atoms with Crippen molar-refractivity contribution < 1.29 is 14.9 Å². The second-order valence-corrected chi connectivity index (χ2v) is 8.62. The molecule has 2 aromatic rings. The molecule has 1 saturated heterocycles. The minimum absolute atomic E-state index is 0.0878. The number of benzene rings is 2. The van der Waals surface area contributed by atoms with Gasteiger partial charge in [-0.15, -0.1) is 0 Å². The van der Waals surface area contributed by atoms with Gasteiger partial charge in [-0.05, 0) is 56.2 Å². The predicted octanol–water partition coefficient (Wildman–Crippen LogP) is 3.55. The van der Waals surface area contributed by atoms with E-state index in [1.165, 1.54) is 5.57 Å². The van der Waals surface area contributed by atoms with Gasteiger partial charge in [0.15, 0.2) is 0 Å². The molecule has 0 saturated carbocycles. The molecule has 3 heterocycles. The summed E-state index contributed by atoms with van der Waals surface area (Å²) in [6.45, 7) is 8.39. The molecule has 0 amide bonds. The molecule has 1 fully saturated rings. The zero-order valence-electron chi connectivity index (χ0n) is 17.0. The summed E-state index contributed by atoms with van der Waals surface area (Å²) in [6.07, 6.45) is 1.83. The van der Waals surface area contributed by atoms with Gasteiger partial charge >= 0.3 is 0 Å². The summed E-state index contributed by atoms with van der Waals surface area (Å²) in [5, 5.41) is 24.5. The van der Waals surface area contributed by atoms with E-state index in [1.807, 2.05) is 18.2 Å². The van der Waals surface area contributed by atoms with Crippen LogP contribution in [0.5, 0.6) is 11.5 Å². The minimum atomic E-state index is -0.457. The average molecular weight is 393 g/mol. The van der Waals surface area contributed by atoms with Gasteiger partial charge in [-0.1, -0.05) is 18.2 Å². The smallest absolute Gasteiger partial charge is 0.129 e. The molecule has 3 aliphatic rings. The van der Waals surface area contributed by atoms with E-state index >= 15 is 0 Å². The number of aliphatic hydroxyl groups is 1. The van der Waals surface area contributed by atoms with Crippen LogP contribution in [0.25, 0.3) is 0 Å².